The van der Waals surface area contributed by atoms with Gasteiger partial charge in [0.1, 0.15) is 17.9 Å². The molecule has 38 heavy (non-hydrogen) atoms. The van der Waals surface area contributed by atoms with E-state index >= 15 is 4.39 Å². The molecule has 3 rings (SSSR count). The van der Waals surface area contributed by atoms with Crippen LogP contribution in [0.3, 0.4) is 0 Å². The van der Waals surface area contributed by atoms with Crippen LogP contribution >= 0.6 is 20.0 Å². The number of carbonyl (C=O) groups excluding carboxylic acids is 1. The van der Waals surface area contributed by atoms with Crippen LogP contribution in [0.1, 0.15) is 27.0 Å². The Labute approximate surface area is 220 Å². The molecule has 1 aliphatic rings. The smallest absolute Gasteiger partial charge is 0.459 e. The van der Waals surface area contributed by atoms with Crippen molar-refractivity contribution >= 4 is 25.9 Å². The van der Waals surface area contributed by atoms with Crippen molar-refractivity contribution in [1.29, 1.82) is 0 Å². The molecule has 14 nitrogen and oxygen atoms in total. The highest BCUT2D eigenvalue weighted by atomic mass is 32.1. The minimum absolute atomic E-state index is 0.0827. The fraction of sp³-hybridized carbons (Fsp3) is 0.476. The average Bonchev–Trinajstić information content (AvgIpc) is 3.09. The zero-order valence-corrected chi connectivity index (χ0v) is 22.2. The van der Waals surface area contributed by atoms with Gasteiger partial charge in [0.05, 0.1) is 12.7 Å². The van der Waals surface area contributed by atoms with Gasteiger partial charge in [-0.2, -0.15) is 5.09 Å². The highest BCUT2D eigenvalue weighted by molar-refractivity contribution is 7.71. The number of benzene rings is 1. The zero-order chi connectivity index (χ0) is 28.1. The van der Waals surface area contributed by atoms with Crippen LogP contribution in [0.4, 0.5) is 4.39 Å². The van der Waals surface area contributed by atoms with Crippen molar-refractivity contribution in [3.05, 3.63) is 68.2 Å². The highest BCUT2D eigenvalue weighted by Crippen LogP contribution is 2.48. The molecular formula is C21H26FN6O8PS. The average molecular weight is 573 g/mol. The van der Waals surface area contributed by atoms with Crippen molar-refractivity contribution in [3.63, 3.8) is 0 Å². The Balaban J connectivity index is 1.91. The van der Waals surface area contributed by atoms with E-state index in [1.165, 1.54) is 19.1 Å². The molecule has 1 aliphatic heterocycles. The van der Waals surface area contributed by atoms with Gasteiger partial charge in [0.15, 0.2) is 17.2 Å². The van der Waals surface area contributed by atoms with Gasteiger partial charge in [-0.15, -0.1) is 0 Å². The third-order valence-electron chi connectivity index (χ3n) is 5.17. The molecule has 1 aromatic heterocycles. The van der Waals surface area contributed by atoms with Gasteiger partial charge in [0.2, 0.25) is 5.72 Å². The van der Waals surface area contributed by atoms with Gasteiger partial charge in [0, 0.05) is 17.2 Å². The first-order valence-electron chi connectivity index (χ1n) is 11.2. The standard InChI is InChI=1S/C21H26FN6O8PS/c1-12(2)34-19(31)13(3)25-37(32,36-14-7-5-4-6-8-14)33-11-21(26-27-23)17(30)16(22)18(35-21)28-10-9-15(29)24-20(28)38/h4-10,12-13,16-18,30H,11H2,1-3H3,(H,25,32)(H,24,29,38)/t13-,16-,17?,18+,21+,37?/m0/s1. The number of aromatic nitrogens is 2. The molecule has 0 spiro atoms. The number of hydrogen-bond acceptors (Lipinski definition) is 10. The molecule has 0 radical (unpaired) electrons. The van der Waals surface area contributed by atoms with Gasteiger partial charge in [-0.1, -0.05) is 23.3 Å². The second-order valence-corrected chi connectivity index (χ2v) is 10.5. The van der Waals surface area contributed by atoms with E-state index in [4.69, 9.17) is 36.3 Å². The highest BCUT2D eigenvalue weighted by Gasteiger charge is 2.57. The van der Waals surface area contributed by atoms with E-state index < -0.39 is 62.3 Å². The number of H-pyrrole nitrogens is 1. The molecule has 2 aromatic rings. The number of alkyl halides is 1. The van der Waals surface area contributed by atoms with E-state index in [0.717, 1.165) is 16.8 Å². The van der Waals surface area contributed by atoms with Crippen LogP contribution in [0.15, 0.2) is 52.5 Å². The Morgan fingerprint density at radius 1 is 1.39 bits per heavy atom. The summed E-state index contributed by atoms with van der Waals surface area (Å²) in [6, 6.07) is 7.64. The van der Waals surface area contributed by atoms with Gasteiger partial charge in [-0.3, -0.25) is 23.7 Å². The topological polar surface area (TPSA) is 190 Å². The number of aliphatic hydroxyl groups excluding tert-OH is 1. The van der Waals surface area contributed by atoms with Gasteiger partial charge in [0.25, 0.3) is 5.56 Å². The Hall–Kier alpha value is -3.10. The lowest BCUT2D eigenvalue weighted by Gasteiger charge is -2.29. The van der Waals surface area contributed by atoms with Gasteiger partial charge in [-0.25, -0.2) is 8.96 Å². The molecule has 0 bridgehead atoms. The largest absolute Gasteiger partial charge is 0.462 e. The van der Waals surface area contributed by atoms with Crippen molar-refractivity contribution < 1.29 is 37.4 Å². The summed E-state index contributed by atoms with van der Waals surface area (Å²) in [4.78, 5) is 28.7. The maximum absolute atomic E-state index is 15.2. The molecule has 0 aliphatic carbocycles. The lowest BCUT2D eigenvalue weighted by Crippen LogP contribution is -2.45. The normalized spacial score (nSPS) is 25.3. The van der Waals surface area contributed by atoms with E-state index in [-0.39, 0.29) is 10.5 Å². The second kappa shape index (κ2) is 12.2. The molecule has 1 aromatic carbocycles. The summed E-state index contributed by atoms with van der Waals surface area (Å²) in [6.45, 7) is 3.63. The predicted octanol–water partition coefficient (Wildman–Crippen LogP) is 3.27. The van der Waals surface area contributed by atoms with Crippen molar-refractivity contribution in [3.8, 4) is 5.75 Å². The number of nitrogens with one attached hydrogen (secondary N) is 2. The van der Waals surface area contributed by atoms with Crippen LogP contribution in [-0.4, -0.2) is 57.4 Å². The maximum Gasteiger partial charge on any atom is 0.459 e. The molecule has 17 heteroatoms. The summed E-state index contributed by atoms with van der Waals surface area (Å²) in [5.41, 5.74) is 6.15. The summed E-state index contributed by atoms with van der Waals surface area (Å²) in [7, 11) is -4.49. The second-order valence-electron chi connectivity index (χ2n) is 8.46. The molecule has 3 N–H and O–H groups in total. The number of aromatic amines is 1. The fourth-order valence-corrected chi connectivity index (χ4v) is 5.18. The first kappa shape index (κ1) is 29.5. The number of ether oxygens (including phenoxy) is 2. The van der Waals surface area contributed by atoms with Crippen molar-refractivity contribution in [2.45, 2.75) is 57.1 Å². The molecule has 206 valence electrons. The minimum atomic E-state index is -4.49. The Morgan fingerprint density at radius 2 is 2.08 bits per heavy atom. The monoisotopic (exact) mass is 572 g/mol. The van der Waals surface area contributed by atoms with Crippen molar-refractivity contribution in [2.24, 2.45) is 5.11 Å². The van der Waals surface area contributed by atoms with Gasteiger partial charge >= 0.3 is 13.7 Å². The predicted molar refractivity (Wildman–Crippen MR) is 133 cm³/mol. The Kier molecular flexibility index (Phi) is 9.44. The summed E-state index contributed by atoms with van der Waals surface area (Å²) in [5, 5.41) is 16.5. The molecule has 6 atom stereocenters. The van der Waals surface area contributed by atoms with E-state index in [0.29, 0.717) is 0 Å². The van der Waals surface area contributed by atoms with Crippen LogP contribution < -0.4 is 15.2 Å². The first-order chi connectivity index (χ1) is 17.9. The van der Waals surface area contributed by atoms with E-state index in [1.54, 1.807) is 32.0 Å². The number of aliphatic hydroxyl groups is 1. The molecular weight excluding hydrogens is 546 g/mol. The van der Waals surface area contributed by atoms with Crippen molar-refractivity contribution in [2.75, 3.05) is 6.61 Å². The zero-order valence-electron chi connectivity index (χ0n) is 20.5. The van der Waals surface area contributed by atoms with Crippen LogP contribution in [0.25, 0.3) is 10.4 Å². The number of halogens is 1. The van der Waals surface area contributed by atoms with E-state index in [1.807, 2.05) is 0 Å². The summed E-state index contributed by atoms with van der Waals surface area (Å²) in [5.74, 6) is -0.682. The Bertz CT molecular complexity index is 1350. The molecule has 1 saturated heterocycles. The number of para-hydroxylation sites is 1. The number of carbonyl (C=O) groups is 1. The molecule has 2 heterocycles. The first-order valence-corrected chi connectivity index (χ1v) is 13.2. The molecule has 0 saturated carbocycles. The molecule has 0 amide bonds. The van der Waals surface area contributed by atoms with Crippen LogP contribution in [-0.2, 0) is 23.4 Å². The minimum Gasteiger partial charge on any atom is -0.462 e. The number of esters is 1. The third kappa shape index (κ3) is 6.85. The van der Waals surface area contributed by atoms with Gasteiger partial charge < -0.3 is 19.1 Å². The van der Waals surface area contributed by atoms with Crippen molar-refractivity contribution in [1.82, 2.24) is 14.6 Å². The maximum atomic E-state index is 15.2. The summed E-state index contributed by atoms with van der Waals surface area (Å²) in [6.07, 6.45) is -5.32. The van der Waals surface area contributed by atoms with E-state index in [2.05, 4.69) is 20.1 Å². The van der Waals surface area contributed by atoms with Crippen LogP contribution in [0.2, 0.25) is 0 Å². The molecule has 2 unspecified atom stereocenters. The SMILES string of the molecule is CC(C)OC(=O)[C@H](C)NP(=O)(OC[C@@]1(N=[N+]=[N-])O[C@@H](n2ccc(=O)[nH]c2=S)[C@@H](F)C1O)Oc1ccccc1. The quantitative estimate of drug-likeness (QED) is 0.0899. The molecule has 1 fully saturated rings. The van der Waals surface area contributed by atoms with Gasteiger partial charge in [-0.05, 0) is 50.7 Å². The lowest BCUT2D eigenvalue weighted by molar-refractivity contribution is -0.149. The summed E-state index contributed by atoms with van der Waals surface area (Å²) >= 11 is 5.03. The summed E-state index contributed by atoms with van der Waals surface area (Å²) < 4.78 is 51.4. The number of azide groups is 1. The van der Waals surface area contributed by atoms with Crippen LogP contribution in [0.5, 0.6) is 5.75 Å². The number of hydrogen-bond donors (Lipinski definition) is 3. The number of rotatable bonds is 11. The fourth-order valence-electron chi connectivity index (χ4n) is 3.40. The number of nitrogens with zero attached hydrogens (tertiary/aromatic N) is 4. The van der Waals surface area contributed by atoms with E-state index in [9.17, 15) is 19.3 Å². The van der Waals surface area contributed by atoms with Crippen LogP contribution in [0, 0.1) is 4.77 Å². The Morgan fingerprint density at radius 3 is 2.68 bits per heavy atom. The lowest BCUT2D eigenvalue weighted by atomic mass is 10.1. The third-order valence-corrected chi connectivity index (χ3v) is 7.10.